The summed E-state index contributed by atoms with van der Waals surface area (Å²) >= 11 is 0. The Labute approximate surface area is 166 Å². The number of rotatable bonds is 5. The van der Waals surface area contributed by atoms with Crippen LogP contribution in [-0.2, 0) is 11.3 Å². The predicted molar refractivity (Wildman–Crippen MR) is 107 cm³/mol. The number of nitrogens with one attached hydrogen (secondary N) is 3. The SMILES string of the molecule is O=C(C[NH+]1CC[NH+](Cc2ccccc2)CC1)Nc1ccc2c(c1)OCCCO2. The molecular weight excluding hydrogens is 354 g/mol. The second-order valence-electron chi connectivity index (χ2n) is 7.60. The summed E-state index contributed by atoms with van der Waals surface area (Å²) in [6.45, 7) is 7.13. The maximum atomic E-state index is 12.5. The second kappa shape index (κ2) is 9.08. The van der Waals surface area contributed by atoms with E-state index in [1.807, 2.05) is 18.2 Å². The van der Waals surface area contributed by atoms with Crippen LogP contribution in [0.15, 0.2) is 48.5 Å². The number of hydrogen-bond donors (Lipinski definition) is 3. The minimum Gasteiger partial charge on any atom is -0.490 e. The van der Waals surface area contributed by atoms with Crippen LogP contribution in [0.2, 0.25) is 0 Å². The molecule has 1 saturated heterocycles. The van der Waals surface area contributed by atoms with Crippen LogP contribution < -0.4 is 24.6 Å². The average Bonchev–Trinajstić information content (AvgIpc) is 2.95. The Kier molecular flexibility index (Phi) is 6.09. The van der Waals surface area contributed by atoms with Crippen LogP contribution in [0.25, 0.3) is 0 Å². The van der Waals surface area contributed by atoms with Crippen molar-refractivity contribution in [3.05, 3.63) is 54.1 Å². The minimum absolute atomic E-state index is 0.0519. The summed E-state index contributed by atoms with van der Waals surface area (Å²) < 4.78 is 11.3. The monoisotopic (exact) mass is 383 g/mol. The quantitative estimate of drug-likeness (QED) is 0.669. The number of anilines is 1. The Hall–Kier alpha value is -2.57. The van der Waals surface area contributed by atoms with Crippen molar-refractivity contribution in [1.29, 1.82) is 0 Å². The molecule has 2 aromatic carbocycles. The van der Waals surface area contributed by atoms with Gasteiger partial charge in [0.05, 0.1) is 13.2 Å². The van der Waals surface area contributed by atoms with Gasteiger partial charge >= 0.3 is 0 Å². The lowest BCUT2D eigenvalue weighted by atomic mass is 10.2. The van der Waals surface area contributed by atoms with Crippen molar-refractivity contribution in [3.8, 4) is 11.5 Å². The molecule has 2 aliphatic heterocycles. The van der Waals surface area contributed by atoms with Crippen molar-refractivity contribution in [1.82, 2.24) is 0 Å². The molecule has 0 bridgehead atoms. The van der Waals surface area contributed by atoms with Gasteiger partial charge in [-0.15, -0.1) is 0 Å². The first-order valence-electron chi connectivity index (χ1n) is 10.2. The molecule has 0 atom stereocenters. The van der Waals surface area contributed by atoms with E-state index < -0.39 is 0 Å². The molecule has 1 fully saturated rings. The fraction of sp³-hybridized carbons (Fsp3) is 0.409. The van der Waals surface area contributed by atoms with Gasteiger partial charge in [0.25, 0.3) is 5.91 Å². The molecule has 2 aromatic rings. The standard InChI is InChI=1S/C22H27N3O3/c26-22(23-19-7-8-20-21(15-19)28-14-4-13-27-20)17-25-11-9-24(10-12-25)16-18-5-2-1-3-6-18/h1-3,5-8,15H,4,9-14,16-17H2,(H,23,26)/p+2. The van der Waals surface area contributed by atoms with E-state index in [0.717, 1.165) is 50.6 Å². The van der Waals surface area contributed by atoms with Gasteiger partial charge in [0, 0.05) is 23.7 Å². The third kappa shape index (κ3) is 5.03. The topological polar surface area (TPSA) is 56.4 Å². The number of amides is 1. The van der Waals surface area contributed by atoms with E-state index in [4.69, 9.17) is 9.47 Å². The van der Waals surface area contributed by atoms with Gasteiger partial charge in [-0.3, -0.25) is 4.79 Å². The molecule has 28 heavy (non-hydrogen) atoms. The molecule has 2 heterocycles. The van der Waals surface area contributed by atoms with Gasteiger partial charge in [-0.1, -0.05) is 30.3 Å². The predicted octanol–water partition coefficient (Wildman–Crippen LogP) is -0.230. The Morgan fingerprint density at radius 3 is 2.39 bits per heavy atom. The van der Waals surface area contributed by atoms with Gasteiger partial charge in [0.15, 0.2) is 18.0 Å². The number of quaternary nitrogens is 2. The smallest absolute Gasteiger partial charge is 0.279 e. The Balaban J connectivity index is 1.24. The van der Waals surface area contributed by atoms with E-state index in [0.29, 0.717) is 25.5 Å². The fourth-order valence-electron chi connectivity index (χ4n) is 3.87. The average molecular weight is 383 g/mol. The Morgan fingerprint density at radius 2 is 1.61 bits per heavy atom. The summed E-state index contributed by atoms with van der Waals surface area (Å²) in [6, 6.07) is 16.2. The molecule has 0 spiro atoms. The second-order valence-corrected chi connectivity index (χ2v) is 7.60. The van der Waals surface area contributed by atoms with Gasteiger partial charge in [-0.25, -0.2) is 0 Å². The zero-order valence-corrected chi connectivity index (χ0v) is 16.2. The highest BCUT2D eigenvalue weighted by Crippen LogP contribution is 2.32. The number of benzene rings is 2. The highest BCUT2D eigenvalue weighted by Gasteiger charge is 2.25. The van der Waals surface area contributed by atoms with Crippen LogP contribution in [-0.4, -0.2) is 51.8 Å². The Morgan fingerprint density at radius 1 is 0.893 bits per heavy atom. The summed E-state index contributed by atoms with van der Waals surface area (Å²) in [6.07, 6.45) is 0.873. The number of piperazine rings is 1. The van der Waals surface area contributed by atoms with Crippen LogP contribution in [0.3, 0.4) is 0 Å². The van der Waals surface area contributed by atoms with Crippen molar-refractivity contribution < 1.29 is 24.1 Å². The first-order valence-corrected chi connectivity index (χ1v) is 10.2. The van der Waals surface area contributed by atoms with Gasteiger partial charge < -0.3 is 24.6 Å². The molecule has 3 N–H and O–H groups in total. The van der Waals surface area contributed by atoms with Gasteiger partial charge in [0.1, 0.15) is 32.7 Å². The highest BCUT2D eigenvalue weighted by atomic mass is 16.5. The molecule has 0 radical (unpaired) electrons. The summed E-state index contributed by atoms with van der Waals surface area (Å²) in [5.41, 5.74) is 2.15. The van der Waals surface area contributed by atoms with E-state index in [1.54, 1.807) is 4.90 Å². The van der Waals surface area contributed by atoms with E-state index in [9.17, 15) is 4.79 Å². The number of hydrogen-bond acceptors (Lipinski definition) is 3. The number of carbonyl (C=O) groups excluding carboxylic acids is 1. The molecule has 0 aliphatic carbocycles. The van der Waals surface area contributed by atoms with E-state index in [1.165, 1.54) is 10.5 Å². The number of fused-ring (bicyclic) bond motifs is 1. The number of carbonyl (C=O) groups is 1. The van der Waals surface area contributed by atoms with E-state index in [2.05, 4.69) is 35.6 Å². The van der Waals surface area contributed by atoms with Crippen LogP contribution in [0, 0.1) is 0 Å². The molecule has 148 valence electrons. The van der Waals surface area contributed by atoms with Crippen molar-refractivity contribution in [3.63, 3.8) is 0 Å². The van der Waals surface area contributed by atoms with Gasteiger partial charge in [-0.2, -0.15) is 0 Å². The minimum atomic E-state index is 0.0519. The lowest BCUT2D eigenvalue weighted by Gasteiger charge is -2.29. The van der Waals surface area contributed by atoms with Gasteiger partial charge in [0.2, 0.25) is 0 Å². The lowest BCUT2D eigenvalue weighted by Crippen LogP contribution is -3.28. The van der Waals surface area contributed by atoms with Crippen molar-refractivity contribution in [2.45, 2.75) is 13.0 Å². The van der Waals surface area contributed by atoms with Crippen LogP contribution in [0.1, 0.15) is 12.0 Å². The largest absolute Gasteiger partial charge is 0.490 e. The molecule has 2 aliphatic rings. The third-order valence-electron chi connectivity index (χ3n) is 5.40. The van der Waals surface area contributed by atoms with Crippen molar-refractivity contribution >= 4 is 11.6 Å². The van der Waals surface area contributed by atoms with Crippen molar-refractivity contribution in [2.24, 2.45) is 0 Å². The maximum Gasteiger partial charge on any atom is 0.279 e. The van der Waals surface area contributed by atoms with Gasteiger partial charge in [-0.05, 0) is 12.1 Å². The summed E-state index contributed by atoms with van der Waals surface area (Å²) in [4.78, 5) is 15.4. The lowest BCUT2D eigenvalue weighted by molar-refractivity contribution is -1.02. The van der Waals surface area contributed by atoms with Crippen LogP contribution in [0.5, 0.6) is 11.5 Å². The first kappa shape index (κ1) is 18.8. The molecule has 0 aromatic heterocycles. The molecule has 1 amide bonds. The molecule has 6 nitrogen and oxygen atoms in total. The molecular formula is C22H29N3O3+2. The van der Waals surface area contributed by atoms with Crippen molar-refractivity contribution in [2.75, 3.05) is 51.3 Å². The normalized spacial score (nSPS) is 21.6. The van der Waals surface area contributed by atoms with Crippen LogP contribution >= 0.6 is 0 Å². The van der Waals surface area contributed by atoms with Crippen LogP contribution in [0.4, 0.5) is 5.69 Å². The molecule has 6 heteroatoms. The van der Waals surface area contributed by atoms with E-state index >= 15 is 0 Å². The molecule has 0 saturated carbocycles. The van der Waals surface area contributed by atoms with E-state index in [-0.39, 0.29) is 5.91 Å². The fourth-order valence-corrected chi connectivity index (χ4v) is 3.87. The molecule has 0 unspecified atom stereocenters. The third-order valence-corrected chi connectivity index (χ3v) is 5.40. The summed E-state index contributed by atoms with van der Waals surface area (Å²) in [5.74, 6) is 1.51. The highest BCUT2D eigenvalue weighted by molar-refractivity contribution is 5.91. The maximum absolute atomic E-state index is 12.5. The first-order chi connectivity index (χ1) is 13.8. The summed E-state index contributed by atoms with van der Waals surface area (Å²) in [5, 5.41) is 3.01. The Bertz CT molecular complexity index is 789. The number of ether oxygens (including phenoxy) is 2. The zero-order valence-electron chi connectivity index (χ0n) is 16.2. The summed E-state index contributed by atoms with van der Waals surface area (Å²) in [7, 11) is 0. The zero-order chi connectivity index (χ0) is 19.2. The molecule has 4 rings (SSSR count).